The minimum Gasteiger partial charge on any atom is -0.352 e. The molecular weight excluding hydrogens is 332 g/mol. The van der Waals surface area contributed by atoms with Gasteiger partial charge in [-0.3, -0.25) is 9.59 Å². The molecule has 4 amide bonds. The zero-order chi connectivity index (χ0) is 19.1. The van der Waals surface area contributed by atoms with Crippen LogP contribution in [0.2, 0.25) is 0 Å². The van der Waals surface area contributed by atoms with Gasteiger partial charge in [0.2, 0.25) is 11.8 Å². The summed E-state index contributed by atoms with van der Waals surface area (Å²) in [6, 6.07) is 9.09. The van der Waals surface area contributed by atoms with Gasteiger partial charge in [-0.1, -0.05) is 18.2 Å². The number of likely N-dealkylation sites (N-methyl/N-ethyl adjacent to an activating group) is 1. The van der Waals surface area contributed by atoms with E-state index in [0.717, 1.165) is 18.5 Å². The van der Waals surface area contributed by atoms with E-state index in [2.05, 4.69) is 10.6 Å². The zero-order valence-electron chi connectivity index (χ0n) is 15.7. The molecule has 1 aromatic carbocycles. The van der Waals surface area contributed by atoms with Gasteiger partial charge in [0.25, 0.3) is 0 Å². The standard InChI is InChI=1S/C19H28N4O3/c1-14(2)20-17(24)13-22(3)18(25)15-8-7-11-23(12-15)19(26)21-16-9-5-4-6-10-16/h4-6,9-10,14-15H,7-8,11-13H2,1-3H3,(H,20,24)(H,21,26)/t15-/m0/s1. The number of urea groups is 1. The highest BCUT2D eigenvalue weighted by molar-refractivity contribution is 5.90. The fourth-order valence-electron chi connectivity index (χ4n) is 3.06. The molecule has 26 heavy (non-hydrogen) atoms. The van der Waals surface area contributed by atoms with Crippen molar-refractivity contribution >= 4 is 23.5 Å². The number of benzene rings is 1. The second-order valence-corrected chi connectivity index (χ2v) is 7.00. The van der Waals surface area contributed by atoms with Crippen molar-refractivity contribution in [2.75, 3.05) is 32.0 Å². The van der Waals surface area contributed by atoms with Crippen molar-refractivity contribution in [1.29, 1.82) is 0 Å². The Morgan fingerprint density at radius 1 is 1.23 bits per heavy atom. The van der Waals surface area contributed by atoms with Crippen LogP contribution in [0.5, 0.6) is 0 Å². The molecule has 1 fully saturated rings. The lowest BCUT2D eigenvalue weighted by Gasteiger charge is -2.33. The number of hydrogen-bond donors (Lipinski definition) is 2. The van der Waals surface area contributed by atoms with Crippen molar-refractivity contribution in [3.63, 3.8) is 0 Å². The number of carbonyl (C=O) groups is 3. The molecule has 2 N–H and O–H groups in total. The SMILES string of the molecule is CC(C)NC(=O)CN(C)C(=O)[C@H]1CCCN(C(=O)Nc2ccccc2)C1. The summed E-state index contributed by atoms with van der Waals surface area (Å²) in [5, 5.41) is 5.63. The van der Waals surface area contributed by atoms with Crippen LogP contribution in [0, 0.1) is 5.92 Å². The molecule has 1 heterocycles. The molecule has 1 atom stereocenters. The fourth-order valence-corrected chi connectivity index (χ4v) is 3.06. The van der Waals surface area contributed by atoms with E-state index in [0.29, 0.717) is 13.1 Å². The van der Waals surface area contributed by atoms with Gasteiger partial charge < -0.3 is 20.4 Å². The predicted octanol–water partition coefficient (Wildman–Crippen LogP) is 1.91. The lowest BCUT2D eigenvalue weighted by molar-refractivity contribution is -0.139. The van der Waals surface area contributed by atoms with E-state index in [1.165, 1.54) is 4.90 Å². The van der Waals surface area contributed by atoms with Crippen LogP contribution in [0.1, 0.15) is 26.7 Å². The van der Waals surface area contributed by atoms with Crippen LogP contribution >= 0.6 is 0 Å². The summed E-state index contributed by atoms with van der Waals surface area (Å²) in [7, 11) is 1.63. The quantitative estimate of drug-likeness (QED) is 0.842. The van der Waals surface area contributed by atoms with Crippen molar-refractivity contribution in [3.05, 3.63) is 30.3 Å². The first kappa shape index (κ1) is 19.8. The van der Waals surface area contributed by atoms with Crippen LogP contribution < -0.4 is 10.6 Å². The highest BCUT2D eigenvalue weighted by Crippen LogP contribution is 2.19. The Balaban J connectivity index is 1.89. The third-order valence-corrected chi connectivity index (χ3v) is 4.29. The average Bonchev–Trinajstić information content (AvgIpc) is 2.61. The van der Waals surface area contributed by atoms with E-state index in [9.17, 15) is 14.4 Å². The largest absolute Gasteiger partial charge is 0.352 e. The van der Waals surface area contributed by atoms with Gasteiger partial charge in [0.05, 0.1) is 12.5 Å². The minimum atomic E-state index is -0.276. The highest BCUT2D eigenvalue weighted by Gasteiger charge is 2.30. The normalized spacial score (nSPS) is 16.9. The number of anilines is 1. The summed E-state index contributed by atoms with van der Waals surface area (Å²) < 4.78 is 0. The van der Waals surface area contributed by atoms with Gasteiger partial charge in [-0.2, -0.15) is 0 Å². The second kappa shape index (κ2) is 9.22. The van der Waals surface area contributed by atoms with Gasteiger partial charge in [-0.15, -0.1) is 0 Å². The summed E-state index contributed by atoms with van der Waals surface area (Å²) in [6.45, 7) is 4.78. The maximum Gasteiger partial charge on any atom is 0.321 e. The van der Waals surface area contributed by atoms with Crippen LogP contribution in [0.25, 0.3) is 0 Å². The van der Waals surface area contributed by atoms with Gasteiger partial charge in [0.1, 0.15) is 0 Å². The van der Waals surface area contributed by atoms with E-state index in [1.807, 2.05) is 44.2 Å². The third kappa shape index (κ3) is 5.75. The lowest BCUT2D eigenvalue weighted by Crippen LogP contribution is -2.49. The van der Waals surface area contributed by atoms with E-state index >= 15 is 0 Å². The van der Waals surface area contributed by atoms with Gasteiger partial charge in [-0.05, 0) is 38.8 Å². The topological polar surface area (TPSA) is 81.8 Å². The van der Waals surface area contributed by atoms with Crippen molar-refractivity contribution in [2.45, 2.75) is 32.7 Å². The van der Waals surface area contributed by atoms with Gasteiger partial charge in [0, 0.05) is 31.9 Å². The van der Waals surface area contributed by atoms with Gasteiger partial charge in [0.15, 0.2) is 0 Å². The van der Waals surface area contributed by atoms with Crippen LogP contribution in [0.4, 0.5) is 10.5 Å². The number of nitrogens with one attached hydrogen (secondary N) is 2. The monoisotopic (exact) mass is 360 g/mol. The molecule has 1 saturated heterocycles. The molecule has 7 nitrogen and oxygen atoms in total. The molecule has 0 spiro atoms. The number of amides is 4. The Morgan fingerprint density at radius 3 is 2.58 bits per heavy atom. The van der Waals surface area contributed by atoms with Crippen molar-refractivity contribution < 1.29 is 14.4 Å². The van der Waals surface area contributed by atoms with Crippen LogP contribution in [0.3, 0.4) is 0 Å². The van der Waals surface area contributed by atoms with E-state index in [-0.39, 0.29) is 36.3 Å². The molecule has 0 bridgehead atoms. The molecule has 1 aromatic rings. The Kier molecular flexibility index (Phi) is 7.00. The summed E-state index contributed by atoms with van der Waals surface area (Å²) in [4.78, 5) is 40.0. The molecule has 7 heteroatoms. The smallest absolute Gasteiger partial charge is 0.321 e. The minimum absolute atomic E-state index is 0.0315. The fraction of sp³-hybridized carbons (Fsp3) is 0.526. The number of nitrogens with zero attached hydrogens (tertiary/aromatic N) is 2. The molecule has 1 aliphatic heterocycles. The summed E-state index contributed by atoms with van der Waals surface area (Å²) >= 11 is 0. The van der Waals surface area contributed by atoms with E-state index in [1.54, 1.807) is 11.9 Å². The van der Waals surface area contributed by atoms with Gasteiger partial charge in [-0.25, -0.2) is 4.79 Å². The Labute approximate surface area is 154 Å². The summed E-state index contributed by atoms with van der Waals surface area (Å²) in [5.41, 5.74) is 0.730. The Hall–Kier alpha value is -2.57. The maximum atomic E-state index is 12.6. The molecule has 0 saturated carbocycles. The first-order valence-electron chi connectivity index (χ1n) is 9.02. The first-order chi connectivity index (χ1) is 12.4. The number of likely N-dealkylation sites (tertiary alicyclic amines) is 1. The number of piperidine rings is 1. The number of hydrogen-bond acceptors (Lipinski definition) is 3. The molecule has 0 aliphatic carbocycles. The zero-order valence-corrected chi connectivity index (χ0v) is 15.7. The lowest BCUT2D eigenvalue weighted by atomic mass is 9.97. The highest BCUT2D eigenvalue weighted by atomic mass is 16.2. The second-order valence-electron chi connectivity index (χ2n) is 7.00. The molecule has 142 valence electrons. The van der Waals surface area contributed by atoms with Crippen molar-refractivity contribution in [3.8, 4) is 0 Å². The predicted molar refractivity (Wildman–Crippen MR) is 101 cm³/mol. The van der Waals surface area contributed by atoms with Crippen molar-refractivity contribution in [1.82, 2.24) is 15.1 Å². The van der Waals surface area contributed by atoms with E-state index in [4.69, 9.17) is 0 Å². The first-order valence-corrected chi connectivity index (χ1v) is 9.02. The maximum absolute atomic E-state index is 12.6. The summed E-state index contributed by atoms with van der Waals surface area (Å²) in [6.07, 6.45) is 1.49. The molecule has 0 radical (unpaired) electrons. The Morgan fingerprint density at radius 2 is 1.92 bits per heavy atom. The van der Waals surface area contributed by atoms with Crippen LogP contribution in [-0.4, -0.2) is 60.4 Å². The number of para-hydroxylation sites is 1. The number of rotatable bonds is 5. The van der Waals surface area contributed by atoms with E-state index < -0.39 is 0 Å². The van der Waals surface area contributed by atoms with Crippen LogP contribution in [-0.2, 0) is 9.59 Å². The van der Waals surface area contributed by atoms with Crippen molar-refractivity contribution in [2.24, 2.45) is 5.92 Å². The molecular formula is C19H28N4O3. The number of carbonyl (C=O) groups excluding carboxylic acids is 3. The summed E-state index contributed by atoms with van der Waals surface area (Å²) in [5.74, 6) is -0.548. The van der Waals surface area contributed by atoms with Gasteiger partial charge >= 0.3 is 6.03 Å². The molecule has 1 aliphatic rings. The average molecular weight is 360 g/mol. The Bertz CT molecular complexity index is 633. The molecule has 0 unspecified atom stereocenters. The third-order valence-electron chi connectivity index (χ3n) is 4.29. The molecule has 2 rings (SSSR count). The molecule has 0 aromatic heterocycles. The van der Waals surface area contributed by atoms with Crippen LogP contribution in [0.15, 0.2) is 30.3 Å².